The Morgan fingerprint density at radius 1 is 1.30 bits per heavy atom. The Bertz CT molecular complexity index is 602. The van der Waals surface area contributed by atoms with Crippen LogP contribution in [0.1, 0.15) is 24.5 Å². The Morgan fingerprint density at radius 3 is 2.80 bits per heavy atom. The maximum atomic E-state index is 6.09. The van der Waals surface area contributed by atoms with Crippen LogP contribution in [0.15, 0.2) is 24.4 Å². The Kier molecular flexibility index (Phi) is 4.79. The van der Waals surface area contributed by atoms with Gasteiger partial charge >= 0.3 is 0 Å². The van der Waals surface area contributed by atoms with E-state index >= 15 is 0 Å². The van der Waals surface area contributed by atoms with Gasteiger partial charge in [0.25, 0.3) is 0 Å². The highest BCUT2D eigenvalue weighted by Gasteiger charge is 2.09. The summed E-state index contributed by atoms with van der Waals surface area (Å²) in [5, 5.41) is 3.51. The molecule has 0 bridgehead atoms. The number of hydrogen-bond donors (Lipinski definition) is 1. The van der Waals surface area contributed by atoms with Gasteiger partial charge in [0, 0.05) is 6.54 Å². The first-order chi connectivity index (χ1) is 9.60. The third-order valence-corrected chi connectivity index (χ3v) is 3.04. The van der Waals surface area contributed by atoms with E-state index in [2.05, 4.69) is 28.3 Å². The molecule has 0 fully saturated rings. The number of ether oxygens (including phenoxy) is 1. The van der Waals surface area contributed by atoms with E-state index in [-0.39, 0.29) is 0 Å². The molecule has 0 saturated heterocycles. The lowest BCUT2D eigenvalue weighted by Gasteiger charge is -2.11. The van der Waals surface area contributed by atoms with Crippen LogP contribution in [0, 0.1) is 13.8 Å². The lowest BCUT2D eigenvalue weighted by molar-refractivity contribution is 0.459. The van der Waals surface area contributed by atoms with Crippen molar-refractivity contribution in [2.24, 2.45) is 0 Å². The first kappa shape index (κ1) is 14.6. The minimum absolute atomic E-state index is 0.368. The maximum Gasteiger partial charge on any atom is 0.243 e. The van der Waals surface area contributed by atoms with E-state index in [0.29, 0.717) is 16.9 Å². The van der Waals surface area contributed by atoms with Gasteiger partial charge in [-0.3, -0.25) is 0 Å². The summed E-state index contributed by atoms with van der Waals surface area (Å²) >= 11 is 6.09. The zero-order valence-electron chi connectivity index (χ0n) is 11.9. The van der Waals surface area contributed by atoms with E-state index in [1.807, 2.05) is 26.0 Å². The van der Waals surface area contributed by atoms with Crippen LogP contribution in [0.4, 0.5) is 5.95 Å². The fraction of sp³-hybridized carbons (Fsp3) is 0.333. The predicted molar refractivity (Wildman–Crippen MR) is 81.8 cm³/mol. The van der Waals surface area contributed by atoms with Crippen molar-refractivity contribution in [2.45, 2.75) is 27.2 Å². The Labute approximate surface area is 124 Å². The topological polar surface area (TPSA) is 47.0 Å². The zero-order chi connectivity index (χ0) is 14.5. The van der Waals surface area contributed by atoms with Gasteiger partial charge in [0.2, 0.25) is 11.8 Å². The second-order valence-corrected chi connectivity index (χ2v) is 5.05. The predicted octanol–water partition coefficient (Wildman–Crippen LogP) is 4.36. The Balaban J connectivity index is 2.23. The fourth-order valence-corrected chi connectivity index (χ4v) is 1.89. The van der Waals surface area contributed by atoms with Crippen LogP contribution in [0.25, 0.3) is 0 Å². The maximum absolute atomic E-state index is 6.09. The number of nitrogens with one attached hydrogen (secondary N) is 1. The van der Waals surface area contributed by atoms with Crippen molar-refractivity contribution in [2.75, 3.05) is 11.9 Å². The minimum Gasteiger partial charge on any atom is -0.437 e. The monoisotopic (exact) mass is 291 g/mol. The van der Waals surface area contributed by atoms with Crippen LogP contribution in [0.5, 0.6) is 11.6 Å². The molecular weight excluding hydrogens is 274 g/mol. The van der Waals surface area contributed by atoms with E-state index in [9.17, 15) is 0 Å². The largest absolute Gasteiger partial charge is 0.437 e. The van der Waals surface area contributed by atoms with Crippen molar-refractivity contribution in [1.29, 1.82) is 0 Å². The lowest BCUT2D eigenvalue weighted by atomic mass is 10.1. The number of anilines is 1. The van der Waals surface area contributed by atoms with E-state index < -0.39 is 0 Å². The van der Waals surface area contributed by atoms with E-state index in [0.717, 1.165) is 24.3 Å². The molecule has 1 N–H and O–H groups in total. The molecule has 1 aromatic carbocycles. The molecular formula is C15H18ClN3O. The van der Waals surface area contributed by atoms with Gasteiger partial charge in [-0.25, -0.2) is 4.98 Å². The van der Waals surface area contributed by atoms with Crippen LogP contribution in [0.2, 0.25) is 5.02 Å². The number of nitrogens with zero attached hydrogens (tertiary/aromatic N) is 2. The van der Waals surface area contributed by atoms with Crippen LogP contribution in [0.3, 0.4) is 0 Å². The average molecular weight is 292 g/mol. The molecule has 20 heavy (non-hydrogen) atoms. The number of rotatable bonds is 5. The fourth-order valence-electron chi connectivity index (χ4n) is 1.76. The summed E-state index contributed by atoms with van der Waals surface area (Å²) in [6, 6.07) is 5.97. The highest BCUT2D eigenvalue weighted by atomic mass is 35.5. The number of benzene rings is 1. The summed E-state index contributed by atoms with van der Waals surface area (Å²) < 4.78 is 5.79. The molecule has 5 heteroatoms. The summed E-state index contributed by atoms with van der Waals surface area (Å²) in [6.07, 6.45) is 2.55. The molecule has 1 heterocycles. The molecule has 4 nitrogen and oxygen atoms in total. The van der Waals surface area contributed by atoms with E-state index in [1.165, 1.54) is 5.56 Å². The molecule has 0 unspecified atom stereocenters. The van der Waals surface area contributed by atoms with E-state index in [4.69, 9.17) is 16.3 Å². The highest BCUT2D eigenvalue weighted by molar-refractivity contribution is 6.31. The minimum atomic E-state index is 0.368. The van der Waals surface area contributed by atoms with Gasteiger partial charge in [-0.2, -0.15) is 4.98 Å². The highest BCUT2D eigenvalue weighted by Crippen LogP contribution is 2.29. The number of halogens is 1. The smallest absolute Gasteiger partial charge is 0.243 e. The van der Waals surface area contributed by atoms with E-state index in [1.54, 1.807) is 6.20 Å². The number of aryl methyl sites for hydroxylation is 2. The SMILES string of the molecule is CCCNc1ncc(Cl)c(Oc2ccc(C)cc2C)n1. The first-order valence-corrected chi connectivity index (χ1v) is 6.99. The van der Waals surface area contributed by atoms with Crippen molar-refractivity contribution >= 4 is 17.5 Å². The normalized spacial score (nSPS) is 10.4. The second-order valence-electron chi connectivity index (χ2n) is 4.64. The molecule has 0 atom stereocenters. The van der Waals surface area contributed by atoms with Gasteiger partial charge in [0.15, 0.2) is 0 Å². The van der Waals surface area contributed by atoms with Crippen LogP contribution in [-0.2, 0) is 0 Å². The third-order valence-electron chi connectivity index (χ3n) is 2.78. The molecule has 0 amide bonds. The molecule has 0 aliphatic rings. The quantitative estimate of drug-likeness (QED) is 0.889. The van der Waals surface area contributed by atoms with Gasteiger partial charge in [-0.05, 0) is 31.9 Å². The number of hydrogen-bond acceptors (Lipinski definition) is 4. The summed E-state index contributed by atoms with van der Waals surface area (Å²) in [7, 11) is 0. The van der Waals surface area contributed by atoms with Gasteiger partial charge in [0.1, 0.15) is 10.8 Å². The Morgan fingerprint density at radius 2 is 2.10 bits per heavy atom. The molecule has 0 radical (unpaired) electrons. The first-order valence-electron chi connectivity index (χ1n) is 6.61. The van der Waals surface area contributed by atoms with Crippen LogP contribution in [-0.4, -0.2) is 16.5 Å². The molecule has 0 aliphatic carbocycles. The van der Waals surface area contributed by atoms with Crippen LogP contribution >= 0.6 is 11.6 Å². The van der Waals surface area contributed by atoms with Crippen LogP contribution < -0.4 is 10.1 Å². The summed E-state index contributed by atoms with van der Waals surface area (Å²) in [5.41, 5.74) is 2.23. The van der Waals surface area contributed by atoms with Crippen molar-refractivity contribution < 1.29 is 4.74 Å². The van der Waals surface area contributed by atoms with Crippen molar-refractivity contribution in [3.63, 3.8) is 0 Å². The molecule has 1 aromatic heterocycles. The zero-order valence-corrected chi connectivity index (χ0v) is 12.7. The molecule has 2 aromatic rings. The Hall–Kier alpha value is -1.81. The average Bonchev–Trinajstić information content (AvgIpc) is 2.42. The summed E-state index contributed by atoms with van der Waals surface area (Å²) in [5.74, 6) is 1.64. The molecule has 106 valence electrons. The summed E-state index contributed by atoms with van der Waals surface area (Å²) in [4.78, 5) is 8.41. The summed E-state index contributed by atoms with van der Waals surface area (Å²) in [6.45, 7) is 6.93. The molecule has 0 spiro atoms. The van der Waals surface area contributed by atoms with Gasteiger partial charge < -0.3 is 10.1 Å². The standard InChI is InChI=1S/C15H18ClN3O/c1-4-7-17-15-18-9-12(16)14(19-15)20-13-6-5-10(2)8-11(13)3/h5-6,8-9H,4,7H2,1-3H3,(H,17,18,19). The van der Waals surface area contributed by atoms with Crippen molar-refractivity contribution in [1.82, 2.24) is 9.97 Å². The van der Waals surface area contributed by atoms with Gasteiger partial charge in [-0.1, -0.05) is 36.2 Å². The third kappa shape index (κ3) is 3.61. The van der Waals surface area contributed by atoms with Gasteiger partial charge in [0.05, 0.1) is 6.20 Å². The van der Waals surface area contributed by atoms with Crippen molar-refractivity contribution in [3.05, 3.63) is 40.5 Å². The molecule has 0 saturated carbocycles. The lowest BCUT2D eigenvalue weighted by Crippen LogP contribution is -2.05. The molecule has 2 rings (SSSR count). The van der Waals surface area contributed by atoms with Gasteiger partial charge in [-0.15, -0.1) is 0 Å². The van der Waals surface area contributed by atoms with Crippen molar-refractivity contribution in [3.8, 4) is 11.6 Å². The number of aromatic nitrogens is 2. The second kappa shape index (κ2) is 6.57. The molecule has 0 aliphatic heterocycles.